The highest BCUT2D eigenvalue weighted by Crippen LogP contribution is 2.22. The summed E-state index contributed by atoms with van der Waals surface area (Å²) < 4.78 is 0. The second-order valence-electron chi connectivity index (χ2n) is 5.58. The zero-order valence-electron chi connectivity index (χ0n) is 11.9. The van der Waals surface area contributed by atoms with Crippen LogP contribution in [0.5, 0.6) is 0 Å². The third kappa shape index (κ3) is 5.28. The Morgan fingerprint density at radius 3 is 2.40 bits per heavy atom. The van der Waals surface area contributed by atoms with E-state index in [0.29, 0.717) is 0 Å². The van der Waals surface area contributed by atoms with Gasteiger partial charge < -0.3 is 20.6 Å². The van der Waals surface area contributed by atoms with Crippen LogP contribution in [0.3, 0.4) is 0 Å². The van der Waals surface area contributed by atoms with E-state index in [2.05, 4.69) is 5.32 Å². The largest absolute Gasteiger partial charge is 0.481 e. The number of aliphatic carboxylic acids is 1. The Balaban J connectivity index is 2.83. The van der Waals surface area contributed by atoms with E-state index in [4.69, 9.17) is 5.11 Å². The van der Waals surface area contributed by atoms with Gasteiger partial charge in [-0.1, -0.05) is 30.3 Å². The van der Waals surface area contributed by atoms with Crippen molar-refractivity contribution in [2.24, 2.45) is 0 Å². The minimum absolute atomic E-state index is 0.0386. The summed E-state index contributed by atoms with van der Waals surface area (Å²) in [5, 5.41) is 31.7. The molecule has 1 aromatic carbocycles. The molecular weight excluding hydrogens is 258 g/mol. The molecule has 5 heteroatoms. The molecule has 2 atom stereocenters. The summed E-state index contributed by atoms with van der Waals surface area (Å²) in [4.78, 5) is 10.7. The summed E-state index contributed by atoms with van der Waals surface area (Å²) in [6, 6.07) is 8.66. The van der Waals surface area contributed by atoms with Crippen LogP contribution in [0.4, 0.5) is 0 Å². The Hall–Kier alpha value is -1.43. The molecule has 0 aliphatic heterocycles. The van der Waals surface area contributed by atoms with Crippen LogP contribution >= 0.6 is 0 Å². The number of aliphatic hydroxyl groups is 2. The smallest absolute Gasteiger partial charge is 0.303 e. The van der Waals surface area contributed by atoms with Crippen LogP contribution in [-0.2, 0) is 4.79 Å². The molecule has 1 rings (SSSR count). The molecule has 2 unspecified atom stereocenters. The first-order chi connectivity index (χ1) is 9.35. The lowest BCUT2D eigenvalue weighted by molar-refractivity contribution is -0.137. The maximum absolute atomic E-state index is 10.7. The van der Waals surface area contributed by atoms with Crippen molar-refractivity contribution < 1.29 is 20.1 Å². The molecule has 1 aromatic rings. The molecule has 0 fully saturated rings. The number of hydrogen-bond acceptors (Lipinski definition) is 4. The van der Waals surface area contributed by atoms with Crippen LogP contribution in [-0.4, -0.2) is 39.5 Å². The van der Waals surface area contributed by atoms with Crippen molar-refractivity contribution in [2.75, 3.05) is 6.61 Å². The number of hydrogen-bond donors (Lipinski definition) is 4. The normalized spacial score (nSPS) is 14.8. The first kappa shape index (κ1) is 16.6. The number of carboxylic acid groups (broad SMARTS) is 1. The van der Waals surface area contributed by atoms with Gasteiger partial charge in [0.05, 0.1) is 12.7 Å². The molecule has 4 N–H and O–H groups in total. The van der Waals surface area contributed by atoms with Crippen molar-refractivity contribution in [3.05, 3.63) is 35.9 Å². The second kappa shape index (κ2) is 7.38. The first-order valence-corrected chi connectivity index (χ1v) is 6.69. The van der Waals surface area contributed by atoms with E-state index in [1.54, 1.807) is 26.0 Å². The van der Waals surface area contributed by atoms with Gasteiger partial charge in [0, 0.05) is 18.0 Å². The third-order valence-corrected chi connectivity index (χ3v) is 3.16. The van der Waals surface area contributed by atoms with E-state index in [-0.39, 0.29) is 19.4 Å². The molecule has 0 saturated heterocycles. The molecule has 5 nitrogen and oxygen atoms in total. The zero-order chi connectivity index (χ0) is 15.2. The summed E-state index contributed by atoms with van der Waals surface area (Å²) in [6.07, 6.45) is -0.570. The van der Waals surface area contributed by atoms with E-state index in [0.717, 1.165) is 5.56 Å². The Morgan fingerprint density at radius 1 is 1.30 bits per heavy atom. The van der Waals surface area contributed by atoms with Gasteiger partial charge in [0.1, 0.15) is 0 Å². The van der Waals surface area contributed by atoms with Crippen LogP contribution in [0.2, 0.25) is 0 Å². The van der Waals surface area contributed by atoms with Crippen molar-refractivity contribution in [1.29, 1.82) is 0 Å². The highest BCUT2D eigenvalue weighted by Gasteiger charge is 2.27. The highest BCUT2D eigenvalue weighted by atomic mass is 16.4. The van der Waals surface area contributed by atoms with Crippen molar-refractivity contribution >= 4 is 5.97 Å². The lowest BCUT2D eigenvalue weighted by atomic mass is 9.95. The van der Waals surface area contributed by atoms with Gasteiger partial charge in [0.15, 0.2) is 0 Å². The number of rotatable bonds is 8. The predicted octanol–water partition coefficient (Wildman–Crippen LogP) is 1.31. The molecule has 0 spiro atoms. The number of carbonyl (C=O) groups is 1. The van der Waals surface area contributed by atoms with Gasteiger partial charge in [-0.2, -0.15) is 0 Å². The Kier molecular flexibility index (Phi) is 6.13. The van der Waals surface area contributed by atoms with Crippen LogP contribution in [0.25, 0.3) is 0 Å². The molecule has 20 heavy (non-hydrogen) atoms. The van der Waals surface area contributed by atoms with Gasteiger partial charge in [-0.3, -0.25) is 4.79 Å². The number of nitrogens with one attached hydrogen (secondary N) is 1. The van der Waals surface area contributed by atoms with Crippen molar-refractivity contribution in [3.63, 3.8) is 0 Å². The predicted molar refractivity (Wildman–Crippen MR) is 76.4 cm³/mol. The Morgan fingerprint density at radius 2 is 1.90 bits per heavy atom. The van der Waals surface area contributed by atoms with Crippen molar-refractivity contribution in [2.45, 2.75) is 44.4 Å². The van der Waals surface area contributed by atoms with E-state index in [1.807, 2.05) is 18.2 Å². The fraction of sp³-hybridized carbons (Fsp3) is 0.533. The minimum Gasteiger partial charge on any atom is -0.481 e. The second-order valence-corrected chi connectivity index (χ2v) is 5.58. The zero-order valence-corrected chi connectivity index (χ0v) is 11.9. The molecule has 0 amide bonds. The quantitative estimate of drug-likeness (QED) is 0.577. The van der Waals surface area contributed by atoms with Gasteiger partial charge in [-0.15, -0.1) is 0 Å². The molecule has 112 valence electrons. The summed E-state index contributed by atoms with van der Waals surface area (Å²) >= 11 is 0. The van der Waals surface area contributed by atoms with Crippen LogP contribution < -0.4 is 5.32 Å². The summed E-state index contributed by atoms with van der Waals surface area (Å²) in [7, 11) is 0. The van der Waals surface area contributed by atoms with E-state index >= 15 is 0 Å². The molecule has 0 radical (unpaired) electrons. The first-order valence-electron chi connectivity index (χ1n) is 6.69. The third-order valence-electron chi connectivity index (χ3n) is 3.16. The summed E-state index contributed by atoms with van der Waals surface area (Å²) in [6.45, 7) is 3.51. The molecule has 0 aromatic heterocycles. The minimum atomic E-state index is -0.904. The molecule has 0 aliphatic carbocycles. The van der Waals surface area contributed by atoms with Gasteiger partial charge in [-0.05, 0) is 25.8 Å². The highest BCUT2D eigenvalue weighted by molar-refractivity contribution is 5.66. The SMILES string of the molecule is CC(C)(CO)NC(CCC(=O)O)C(O)c1ccccc1. The Bertz CT molecular complexity index is 419. The Labute approximate surface area is 119 Å². The molecule has 0 bridgehead atoms. The fourth-order valence-electron chi connectivity index (χ4n) is 2.02. The summed E-state index contributed by atoms with van der Waals surface area (Å²) in [5.74, 6) is -0.904. The van der Waals surface area contributed by atoms with Crippen molar-refractivity contribution in [3.8, 4) is 0 Å². The van der Waals surface area contributed by atoms with Gasteiger partial charge in [-0.25, -0.2) is 0 Å². The lowest BCUT2D eigenvalue weighted by Crippen LogP contribution is -2.50. The van der Waals surface area contributed by atoms with Crippen LogP contribution in [0.1, 0.15) is 38.4 Å². The maximum Gasteiger partial charge on any atom is 0.303 e. The topological polar surface area (TPSA) is 89.8 Å². The number of aliphatic hydroxyl groups excluding tert-OH is 2. The van der Waals surface area contributed by atoms with Gasteiger partial charge >= 0.3 is 5.97 Å². The standard InChI is InChI=1S/C15H23NO4/c1-15(2,10-17)16-12(8-9-13(18)19)14(20)11-6-4-3-5-7-11/h3-7,12,14,16-17,20H,8-10H2,1-2H3,(H,18,19). The number of carboxylic acids is 1. The summed E-state index contributed by atoms with van der Waals surface area (Å²) in [5.41, 5.74) is 0.142. The van der Waals surface area contributed by atoms with Crippen molar-refractivity contribution in [1.82, 2.24) is 5.32 Å². The molecule has 0 heterocycles. The van der Waals surface area contributed by atoms with Gasteiger partial charge in [0.2, 0.25) is 0 Å². The lowest BCUT2D eigenvalue weighted by Gasteiger charge is -2.33. The van der Waals surface area contributed by atoms with E-state index in [1.165, 1.54) is 0 Å². The number of benzene rings is 1. The monoisotopic (exact) mass is 281 g/mol. The van der Waals surface area contributed by atoms with E-state index < -0.39 is 23.7 Å². The van der Waals surface area contributed by atoms with Crippen LogP contribution in [0, 0.1) is 0 Å². The average molecular weight is 281 g/mol. The average Bonchev–Trinajstić information content (AvgIpc) is 2.43. The molecule has 0 saturated carbocycles. The fourth-order valence-corrected chi connectivity index (χ4v) is 2.02. The van der Waals surface area contributed by atoms with Gasteiger partial charge in [0.25, 0.3) is 0 Å². The maximum atomic E-state index is 10.7. The molecular formula is C15H23NO4. The molecule has 0 aliphatic rings. The van der Waals surface area contributed by atoms with Crippen LogP contribution in [0.15, 0.2) is 30.3 Å². The van der Waals surface area contributed by atoms with E-state index in [9.17, 15) is 15.0 Å².